The molecule has 0 spiro atoms. The van der Waals surface area contributed by atoms with Crippen LogP contribution < -0.4 is 10.1 Å². The molecule has 0 saturated heterocycles. The Morgan fingerprint density at radius 3 is 2.73 bits per heavy atom. The van der Waals surface area contributed by atoms with Crippen LogP contribution in [0.5, 0.6) is 5.75 Å². The van der Waals surface area contributed by atoms with Crippen molar-refractivity contribution in [3.05, 3.63) is 58.6 Å². The average molecular weight is 395 g/mol. The summed E-state index contributed by atoms with van der Waals surface area (Å²) in [6, 6.07) is 12.5. The third-order valence-electron chi connectivity index (χ3n) is 4.13. The number of hydrogen-bond acceptors (Lipinski definition) is 4. The van der Waals surface area contributed by atoms with E-state index in [0.717, 1.165) is 11.1 Å². The molecule has 1 aliphatic rings. The number of amides is 1. The van der Waals surface area contributed by atoms with Crippen molar-refractivity contribution in [3.8, 4) is 5.75 Å². The lowest BCUT2D eigenvalue weighted by Gasteiger charge is -2.27. The van der Waals surface area contributed by atoms with Crippen LogP contribution in [0.1, 0.15) is 11.1 Å². The first-order chi connectivity index (χ1) is 12.3. The lowest BCUT2D eigenvalue weighted by molar-refractivity contribution is -0.118. The quantitative estimate of drug-likeness (QED) is 0.845. The zero-order valence-corrected chi connectivity index (χ0v) is 15.8. The highest BCUT2D eigenvalue weighted by molar-refractivity contribution is 7.88. The summed E-state index contributed by atoms with van der Waals surface area (Å²) in [6.45, 7) is 0.619. The number of halogens is 1. The number of ether oxygens (including phenoxy) is 1. The molecule has 1 heterocycles. The Hall–Kier alpha value is -2.09. The van der Waals surface area contributed by atoms with E-state index in [1.165, 1.54) is 10.6 Å². The molecule has 0 atom stereocenters. The predicted octanol–water partition coefficient (Wildman–Crippen LogP) is 2.68. The number of carbonyl (C=O) groups excluding carboxylic acids is 1. The Kier molecular flexibility index (Phi) is 5.50. The zero-order valence-electron chi connectivity index (χ0n) is 14.2. The predicted molar refractivity (Wildman–Crippen MR) is 101 cm³/mol. The molecule has 8 heteroatoms. The Morgan fingerprint density at radius 1 is 1.23 bits per heavy atom. The summed E-state index contributed by atoms with van der Waals surface area (Å²) in [5, 5.41) is 3.20. The fraction of sp³-hybridized carbons (Fsp3) is 0.278. The minimum absolute atomic E-state index is 0.170. The molecule has 0 radical (unpaired) electrons. The number of hydrogen-bond donors (Lipinski definition) is 1. The summed E-state index contributed by atoms with van der Waals surface area (Å²) < 4.78 is 30.3. The van der Waals surface area contributed by atoms with E-state index in [1.807, 2.05) is 12.1 Å². The van der Waals surface area contributed by atoms with Crippen molar-refractivity contribution in [2.24, 2.45) is 0 Å². The van der Waals surface area contributed by atoms with Crippen LogP contribution in [-0.4, -0.2) is 38.0 Å². The molecule has 0 saturated carbocycles. The van der Waals surface area contributed by atoms with E-state index in [2.05, 4.69) is 5.32 Å². The first kappa shape index (κ1) is 18.7. The van der Waals surface area contributed by atoms with E-state index >= 15 is 0 Å². The fourth-order valence-electron chi connectivity index (χ4n) is 2.79. The summed E-state index contributed by atoms with van der Waals surface area (Å²) in [5.41, 5.74) is 2.59. The van der Waals surface area contributed by atoms with Crippen molar-refractivity contribution in [2.75, 3.05) is 24.7 Å². The van der Waals surface area contributed by atoms with Crippen molar-refractivity contribution in [2.45, 2.75) is 13.0 Å². The molecule has 3 rings (SSSR count). The van der Waals surface area contributed by atoms with Crippen molar-refractivity contribution in [1.82, 2.24) is 4.31 Å². The minimum atomic E-state index is -3.23. The molecule has 0 fully saturated rings. The lowest BCUT2D eigenvalue weighted by Crippen LogP contribution is -2.35. The number of anilines is 1. The summed E-state index contributed by atoms with van der Waals surface area (Å²) in [6.07, 6.45) is 1.86. The van der Waals surface area contributed by atoms with Crippen molar-refractivity contribution >= 4 is 33.2 Å². The number of para-hydroxylation sites is 1. The summed E-state index contributed by atoms with van der Waals surface area (Å²) in [4.78, 5) is 12.1. The number of benzene rings is 2. The molecule has 0 unspecified atom stereocenters. The molecular weight excluding hydrogens is 376 g/mol. The molecule has 138 valence electrons. The van der Waals surface area contributed by atoms with Crippen LogP contribution in [0.4, 0.5) is 5.69 Å². The number of nitrogens with zero attached hydrogens (tertiary/aromatic N) is 1. The highest BCUT2D eigenvalue weighted by Crippen LogP contribution is 2.25. The summed E-state index contributed by atoms with van der Waals surface area (Å²) in [5.74, 6) is 0.124. The maximum absolute atomic E-state index is 12.1. The number of rotatable bonds is 5. The molecule has 1 amide bonds. The SMILES string of the molecule is CS(=O)(=O)N1CCc2ccc(NC(=O)COc3ccccc3Cl)cc2C1. The van der Waals surface area contributed by atoms with Gasteiger partial charge in [0.1, 0.15) is 5.75 Å². The van der Waals surface area contributed by atoms with Crippen molar-refractivity contribution < 1.29 is 17.9 Å². The van der Waals surface area contributed by atoms with Gasteiger partial charge in [-0.05, 0) is 41.8 Å². The highest BCUT2D eigenvalue weighted by atomic mass is 35.5. The Morgan fingerprint density at radius 2 is 2.00 bits per heavy atom. The van der Waals surface area contributed by atoms with Crippen LogP contribution >= 0.6 is 11.6 Å². The normalized spacial score (nSPS) is 14.5. The second-order valence-corrected chi connectivity index (χ2v) is 8.49. The fourth-order valence-corrected chi connectivity index (χ4v) is 3.78. The van der Waals surface area contributed by atoms with Crippen molar-refractivity contribution in [3.63, 3.8) is 0 Å². The third kappa shape index (κ3) is 4.55. The van der Waals surface area contributed by atoms with E-state index in [1.54, 1.807) is 30.3 Å². The Labute approximate surface area is 157 Å². The molecule has 1 N–H and O–H groups in total. The first-order valence-corrected chi connectivity index (χ1v) is 10.3. The van der Waals surface area contributed by atoms with Gasteiger partial charge < -0.3 is 10.1 Å². The highest BCUT2D eigenvalue weighted by Gasteiger charge is 2.23. The molecule has 0 aliphatic carbocycles. The molecular formula is C18H19ClN2O4S. The van der Waals surface area contributed by atoms with Gasteiger partial charge in [-0.1, -0.05) is 29.8 Å². The van der Waals surface area contributed by atoms with E-state index in [4.69, 9.17) is 16.3 Å². The van der Waals surface area contributed by atoms with Gasteiger partial charge in [0.2, 0.25) is 10.0 Å². The molecule has 1 aliphatic heterocycles. The molecule has 2 aromatic carbocycles. The van der Waals surface area contributed by atoms with Crippen LogP contribution in [0.15, 0.2) is 42.5 Å². The minimum Gasteiger partial charge on any atom is -0.482 e. The average Bonchev–Trinajstić information content (AvgIpc) is 2.59. The largest absolute Gasteiger partial charge is 0.482 e. The van der Waals surface area contributed by atoms with Gasteiger partial charge in [0.05, 0.1) is 11.3 Å². The van der Waals surface area contributed by atoms with Gasteiger partial charge in [-0.3, -0.25) is 4.79 Å². The second-order valence-electron chi connectivity index (χ2n) is 6.10. The monoisotopic (exact) mass is 394 g/mol. The number of sulfonamides is 1. The van der Waals surface area contributed by atoms with Gasteiger partial charge in [-0.2, -0.15) is 4.31 Å². The van der Waals surface area contributed by atoms with E-state index in [-0.39, 0.29) is 12.5 Å². The molecule has 6 nitrogen and oxygen atoms in total. The molecule has 0 bridgehead atoms. The maximum atomic E-state index is 12.1. The molecule has 2 aromatic rings. The second kappa shape index (κ2) is 7.65. The van der Waals surface area contributed by atoms with Gasteiger partial charge in [0.15, 0.2) is 6.61 Å². The summed E-state index contributed by atoms with van der Waals surface area (Å²) >= 11 is 5.99. The van der Waals surface area contributed by atoms with Gasteiger partial charge in [0, 0.05) is 18.8 Å². The van der Waals surface area contributed by atoms with Crippen LogP contribution in [0.25, 0.3) is 0 Å². The third-order valence-corrected chi connectivity index (χ3v) is 5.69. The van der Waals surface area contributed by atoms with E-state index in [0.29, 0.717) is 36.0 Å². The van der Waals surface area contributed by atoms with E-state index in [9.17, 15) is 13.2 Å². The number of carbonyl (C=O) groups is 1. The maximum Gasteiger partial charge on any atom is 0.262 e. The topological polar surface area (TPSA) is 75.7 Å². The first-order valence-electron chi connectivity index (χ1n) is 8.07. The van der Waals surface area contributed by atoms with Crippen molar-refractivity contribution in [1.29, 1.82) is 0 Å². The molecule has 0 aromatic heterocycles. The van der Waals surface area contributed by atoms with Gasteiger partial charge >= 0.3 is 0 Å². The lowest BCUT2D eigenvalue weighted by atomic mass is 10.0. The van der Waals surface area contributed by atoms with Gasteiger partial charge in [-0.25, -0.2) is 8.42 Å². The van der Waals surface area contributed by atoms with Crippen LogP contribution in [-0.2, 0) is 27.8 Å². The standard InChI is InChI=1S/C18H19ClN2O4S/c1-26(23,24)21-9-8-13-6-7-15(10-14(13)11-21)20-18(22)12-25-17-5-3-2-4-16(17)19/h2-7,10H,8-9,11-12H2,1H3,(H,20,22). The van der Waals surface area contributed by atoms with Crippen LogP contribution in [0.2, 0.25) is 5.02 Å². The van der Waals surface area contributed by atoms with Gasteiger partial charge in [0.25, 0.3) is 5.91 Å². The van der Waals surface area contributed by atoms with Crippen LogP contribution in [0, 0.1) is 0 Å². The smallest absolute Gasteiger partial charge is 0.262 e. The number of fused-ring (bicyclic) bond motifs is 1. The Balaban J connectivity index is 1.64. The zero-order chi connectivity index (χ0) is 18.7. The van der Waals surface area contributed by atoms with Gasteiger partial charge in [-0.15, -0.1) is 0 Å². The van der Waals surface area contributed by atoms with Crippen LogP contribution in [0.3, 0.4) is 0 Å². The number of nitrogens with one attached hydrogen (secondary N) is 1. The Bertz CT molecular complexity index is 931. The molecule has 26 heavy (non-hydrogen) atoms. The van der Waals surface area contributed by atoms with E-state index < -0.39 is 10.0 Å². The summed E-state index contributed by atoms with van der Waals surface area (Å²) in [7, 11) is -3.23.